The van der Waals surface area contributed by atoms with Crippen molar-refractivity contribution in [2.75, 3.05) is 6.54 Å². The molecule has 0 bridgehead atoms. The third kappa shape index (κ3) is 4.20. The molecule has 2 atom stereocenters. The van der Waals surface area contributed by atoms with Gasteiger partial charge in [0.25, 0.3) is 0 Å². The molecule has 0 spiro atoms. The van der Waals surface area contributed by atoms with Crippen molar-refractivity contribution in [3.63, 3.8) is 0 Å². The molecule has 1 aromatic carbocycles. The number of nitrogens with zero attached hydrogens (tertiary/aromatic N) is 1. The molecule has 0 saturated heterocycles. The van der Waals surface area contributed by atoms with Gasteiger partial charge in [0.1, 0.15) is 12.6 Å². The van der Waals surface area contributed by atoms with Crippen LogP contribution in [0.3, 0.4) is 0 Å². The first-order valence-electron chi connectivity index (χ1n) is 6.97. The molecule has 6 heteroatoms. The van der Waals surface area contributed by atoms with E-state index in [4.69, 9.17) is 5.73 Å². The summed E-state index contributed by atoms with van der Waals surface area (Å²) in [6, 6.07) is 6.98. The topological polar surface area (TPSA) is 46.3 Å². The fourth-order valence-electron chi connectivity index (χ4n) is 2.43. The van der Waals surface area contributed by atoms with Crippen LogP contribution in [0.1, 0.15) is 31.4 Å². The van der Waals surface area contributed by atoms with Crippen molar-refractivity contribution < 1.29 is 18.0 Å². The van der Waals surface area contributed by atoms with E-state index in [9.17, 15) is 18.0 Å². The quantitative estimate of drug-likeness (QED) is 0.909. The highest BCUT2D eigenvalue weighted by atomic mass is 19.4. The van der Waals surface area contributed by atoms with Crippen LogP contribution in [-0.4, -0.2) is 29.6 Å². The van der Waals surface area contributed by atoms with Crippen molar-refractivity contribution in [1.29, 1.82) is 0 Å². The monoisotopic (exact) mass is 300 g/mol. The Bertz CT molecular complexity index is 485. The number of halogens is 3. The second kappa shape index (κ2) is 6.05. The number of carbonyl (C=O) groups is 1. The maximum Gasteiger partial charge on any atom is 0.406 e. The van der Waals surface area contributed by atoms with Crippen molar-refractivity contribution in [3.05, 3.63) is 35.9 Å². The first-order chi connectivity index (χ1) is 9.79. The van der Waals surface area contributed by atoms with Crippen LogP contribution in [0.5, 0.6) is 0 Å². The van der Waals surface area contributed by atoms with Crippen LogP contribution in [0.4, 0.5) is 13.2 Å². The molecule has 2 rings (SSSR count). The molecule has 1 fully saturated rings. The van der Waals surface area contributed by atoms with Gasteiger partial charge < -0.3 is 10.6 Å². The zero-order valence-corrected chi connectivity index (χ0v) is 11.8. The average Bonchev–Trinajstić information content (AvgIpc) is 3.27. The summed E-state index contributed by atoms with van der Waals surface area (Å²) in [4.78, 5) is 13.3. The lowest BCUT2D eigenvalue weighted by molar-refractivity contribution is -0.166. The maximum absolute atomic E-state index is 12.7. The summed E-state index contributed by atoms with van der Waals surface area (Å²) in [5.41, 5.74) is 6.38. The van der Waals surface area contributed by atoms with Crippen molar-refractivity contribution in [2.45, 2.75) is 38.0 Å². The molecule has 116 valence electrons. The second-order valence-corrected chi connectivity index (χ2v) is 5.55. The summed E-state index contributed by atoms with van der Waals surface area (Å²) in [6.45, 7) is 0.420. The third-order valence-corrected chi connectivity index (χ3v) is 3.85. The number of carbonyl (C=O) groups excluding carboxylic acids is 1. The Balaban J connectivity index is 2.17. The van der Waals surface area contributed by atoms with Crippen molar-refractivity contribution in [2.24, 2.45) is 11.7 Å². The van der Waals surface area contributed by atoms with Crippen molar-refractivity contribution >= 4 is 5.91 Å². The zero-order valence-electron chi connectivity index (χ0n) is 11.8. The van der Waals surface area contributed by atoms with E-state index in [0.29, 0.717) is 5.56 Å². The van der Waals surface area contributed by atoms with Crippen LogP contribution < -0.4 is 5.73 Å². The fourth-order valence-corrected chi connectivity index (χ4v) is 2.43. The third-order valence-electron chi connectivity index (χ3n) is 3.85. The summed E-state index contributed by atoms with van der Waals surface area (Å²) < 4.78 is 38.2. The van der Waals surface area contributed by atoms with E-state index in [2.05, 4.69) is 0 Å². The standard InChI is InChI=1S/C15H19F3N2O/c1-10(11-7-8-11)20(9-15(16,17)18)14(21)13(19)12-5-3-2-4-6-12/h2-6,10-11,13H,7-9,19H2,1H3/t10?,13-/m1/s1. The number of nitrogens with two attached hydrogens (primary N) is 1. The Morgan fingerprint density at radius 1 is 1.33 bits per heavy atom. The van der Waals surface area contributed by atoms with E-state index in [1.165, 1.54) is 0 Å². The van der Waals surface area contributed by atoms with Crippen molar-refractivity contribution in [1.82, 2.24) is 4.90 Å². The number of hydrogen-bond acceptors (Lipinski definition) is 2. The molecule has 0 aliphatic heterocycles. The molecule has 1 aliphatic rings. The van der Waals surface area contributed by atoms with Crippen LogP contribution in [0.15, 0.2) is 30.3 Å². The van der Waals surface area contributed by atoms with E-state index >= 15 is 0 Å². The molecule has 1 aliphatic carbocycles. The normalized spacial score (nSPS) is 18.1. The second-order valence-electron chi connectivity index (χ2n) is 5.55. The van der Waals surface area contributed by atoms with Gasteiger partial charge in [0, 0.05) is 6.04 Å². The molecule has 0 aromatic heterocycles. The minimum absolute atomic E-state index is 0.152. The molecule has 0 heterocycles. The molecule has 1 unspecified atom stereocenters. The molecular weight excluding hydrogens is 281 g/mol. The van der Waals surface area contributed by atoms with Crippen molar-refractivity contribution in [3.8, 4) is 0 Å². The Morgan fingerprint density at radius 3 is 2.38 bits per heavy atom. The van der Waals surface area contributed by atoms with Crippen LogP contribution in [0.2, 0.25) is 0 Å². The van der Waals surface area contributed by atoms with Crippen LogP contribution in [-0.2, 0) is 4.79 Å². The predicted octanol–water partition coefficient (Wildman–Crippen LogP) is 2.88. The smallest absolute Gasteiger partial charge is 0.329 e. The molecule has 21 heavy (non-hydrogen) atoms. The van der Waals surface area contributed by atoms with Gasteiger partial charge in [-0.25, -0.2) is 0 Å². The minimum atomic E-state index is -4.42. The molecule has 1 aromatic rings. The molecular formula is C15H19F3N2O. The Kier molecular flexibility index (Phi) is 4.56. The van der Waals surface area contributed by atoms with E-state index in [1.54, 1.807) is 37.3 Å². The maximum atomic E-state index is 12.7. The lowest BCUT2D eigenvalue weighted by Gasteiger charge is -2.32. The largest absolute Gasteiger partial charge is 0.406 e. The number of hydrogen-bond donors (Lipinski definition) is 1. The van der Waals surface area contributed by atoms with Crippen LogP contribution >= 0.6 is 0 Å². The highest BCUT2D eigenvalue weighted by Crippen LogP contribution is 2.37. The summed E-state index contributed by atoms with van der Waals surface area (Å²) in [5.74, 6) is -0.516. The summed E-state index contributed by atoms with van der Waals surface area (Å²) in [7, 11) is 0. The van der Waals surface area contributed by atoms with Gasteiger partial charge in [-0.3, -0.25) is 4.79 Å². The number of amides is 1. The molecule has 0 radical (unpaired) electrons. The Morgan fingerprint density at radius 2 is 1.90 bits per heavy atom. The number of rotatable bonds is 5. The SMILES string of the molecule is CC(C1CC1)N(CC(F)(F)F)C(=O)[C@H](N)c1ccccc1. The molecule has 1 saturated carbocycles. The van der Waals surface area contributed by atoms with Gasteiger partial charge in [0.15, 0.2) is 0 Å². The lowest BCUT2D eigenvalue weighted by Crippen LogP contribution is -2.48. The summed E-state index contributed by atoms with van der Waals surface area (Å²) in [6.07, 6.45) is -2.69. The van der Waals surface area contributed by atoms with E-state index in [0.717, 1.165) is 17.7 Å². The highest BCUT2D eigenvalue weighted by molar-refractivity contribution is 5.83. The van der Waals surface area contributed by atoms with Crippen LogP contribution in [0, 0.1) is 5.92 Å². The molecule has 1 amide bonds. The van der Waals surface area contributed by atoms with Gasteiger partial charge in [0.05, 0.1) is 0 Å². The van der Waals surface area contributed by atoms with Gasteiger partial charge in [-0.2, -0.15) is 13.2 Å². The van der Waals surface area contributed by atoms with Gasteiger partial charge in [-0.05, 0) is 31.2 Å². The average molecular weight is 300 g/mol. The van der Waals surface area contributed by atoms with Gasteiger partial charge in [-0.1, -0.05) is 30.3 Å². The Hall–Kier alpha value is -1.56. The summed E-state index contributed by atoms with van der Waals surface area (Å²) >= 11 is 0. The predicted molar refractivity (Wildman–Crippen MR) is 73.3 cm³/mol. The van der Waals surface area contributed by atoms with E-state index in [-0.39, 0.29) is 5.92 Å². The minimum Gasteiger partial charge on any atom is -0.329 e. The van der Waals surface area contributed by atoms with Crippen LogP contribution in [0.25, 0.3) is 0 Å². The first kappa shape index (κ1) is 15.8. The first-order valence-corrected chi connectivity index (χ1v) is 6.97. The lowest BCUT2D eigenvalue weighted by atomic mass is 10.0. The van der Waals surface area contributed by atoms with E-state index < -0.39 is 30.7 Å². The number of benzene rings is 1. The molecule has 3 nitrogen and oxygen atoms in total. The number of alkyl halides is 3. The highest BCUT2D eigenvalue weighted by Gasteiger charge is 2.41. The fraction of sp³-hybridized carbons (Fsp3) is 0.533. The zero-order chi connectivity index (χ0) is 15.6. The molecule has 2 N–H and O–H groups in total. The van der Waals surface area contributed by atoms with Gasteiger partial charge in [-0.15, -0.1) is 0 Å². The van der Waals surface area contributed by atoms with E-state index in [1.807, 2.05) is 0 Å². The summed E-state index contributed by atoms with van der Waals surface area (Å²) in [5, 5.41) is 0. The van der Waals surface area contributed by atoms with Gasteiger partial charge in [0.2, 0.25) is 5.91 Å². The van der Waals surface area contributed by atoms with Gasteiger partial charge >= 0.3 is 6.18 Å². The Labute approximate surface area is 121 Å².